The number of nitrogens with one attached hydrogen (secondary N) is 2. The van der Waals surface area contributed by atoms with E-state index in [9.17, 15) is 14.4 Å². The van der Waals surface area contributed by atoms with Gasteiger partial charge in [0, 0.05) is 31.3 Å². The number of hydrogen-bond donors (Lipinski definition) is 3. The Morgan fingerprint density at radius 2 is 1.60 bits per heavy atom. The van der Waals surface area contributed by atoms with Crippen molar-refractivity contribution in [1.29, 1.82) is 0 Å². The molecule has 7 heteroatoms. The van der Waals surface area contributed by atoms with E-state index in [1.807, 2.05) is 31.2 Å². The fraction of sp³-hybridized carbons (Fsp3) is 0.464. The minimum Gasteiger partial charge on any atom is -0.481 e. The van der Waals surface area contributed by atoms with Crippen LogP contribution in [-0.2, 0) is 14.3 Å². The SMILES string of the molecule is CCCC[C@H](CC(=O)NCCC(C)CC(=O)O)NC(=O)OCC1c2ccccc2-c2ccccc21. The van der Waals surface area contributed by atoms with Gasteiger partial charge in [0.2, 0.25) is 5.91 Å². The largest absolute Gasteiger partial charge is 0.481 e. The van der Waals surface area contributed by atoms with Crippen molar-refractivity contribution in [2.75, 3.05) is 13.2 Å². The van der Waals surface area contributed by atoms with Gasteiger partial charge in [-0.15, -0.1) is 0 Å². The smallest absolute Gasteiger partial charge is 0.407 e. The molecule has 0 saturated heterocycles. The summed E-state index contributed by atoms with van der Waals surface area (Å²) in [5, 5.41) is 14.6. The summed E-state index contributed by atoms with van der Waals surface area (Å²) < 4.78 is 5.64. The van der Waals surface area contributed by atoms with Gasteiger partial charge in [-0.3, -0.25) is 9.59 Å². The van der Waals surface area contributed by atoms with Crippen LogP contribution in [0.25, 0.3) is 11.1 Å². The third kappa shape index (κ3) is 7.57. The van der Waals surface area contributed by atoms with Crippen molar-refractivity contribution in [3.63, 3.8) is 0 Å². The quantitative estimate of drug-likeness (QED) is 0.370. The van der Waals surface area contributed by atoms with Crippen molar-refractivity contribution in [3.8, 4) is 11.1 Å². The number of alkyl carbamates (subject to hydrolysis) is 1. The average Bonchev–Trinajstić information content (AvgIpc) is 3.14. The van der Waals surface area contributed by atoms with Gasteiger partial charge in [0.05, 0.1) is 0 Å². The van der Waals surface area contributed by atoms with E-state index in [4.69, 9.17) is 9.84 Å². The van der Waals surface area contributed by atoms with Gasteiger partial charge >= 0.3 is 12.1 Å². The Bertz CT molecular complexity index is 976. The second-order valence-corrected chi connectivity index (χ2v) is 9.35. The molecule has 0 fully saturated rings. The molecule has 2 aromatic rings. The molecule has 0 spiro atoms. The van der Waals surface area contributed by atoms with Crippen LogP contribution < -0.4 is 10.6 Å². The van der Waals surface area contributed by atoms with Gasteiger partial charge in [0.25, 0.3) is 0 Å². The predicted octanol–water partition coefficient (Wildman–Crippen LogP) is 5.09. The van der Waals surface area contributed by atoms with E-state index in [-0.39, 0.29) is 43.2 Å². The summed E-state index contributed by atoms with van der Waals surface area (Å²) in [4.78, 5) is 35.9. The first-order chi connectivity index (χ1) is 16.9. The molecule has 3 rings (SSSR count). The zero-order valence-electron chi connectivity index (χ0n) is 20.6. The number of aliphatic carboxylic acids is 1. The molecule has 2 atom stereocenters. The van der Waals surface area contributed by atoms with E-state index in [0.717, 1.165) is 24.0 Å². The van der Waals surface area contributed by atoms with Crippen LogP contribution in [0.15, 0.2) is 48.5 Å². The number of carbonyl (C=O) groups excluding carboxylic acids is 2. The number of fused-ring (bicyclic) bond motifs is 3. The highest BCUT2D eigenvalue weighted by molar-refractivity contribution is 5.79. The molecular weight excluding hydrogens is 444 g/mol. The maximum Gasteiger partial charge on any atom is 0.407 e. The van der Waals surface area contributed by atoms with E-state index in [2.05, 4.69) is 41.8 Å². The Kier molecular flexibility index (Phi) is 9.70. The van der Waals surface area contributed by atoms with Crippen LogP contribution in [0.4, 0.5) is 4.79 Å². The molecule has 1 aliphatic rings. The summed E-state index contributed by atoms with van der Waals surface area (Å²) in [5.74, 6) is -1.02. The second kappa shape index (κ2) is 12.9. The third-order valence-electron chi connectivity index (χ3n) is 6.49. The van der Waals surface area contributed by atoms with Crippen LogP contribution in [0.5, 0.6) is 0 Å². The molecule has 35 heavy (non-hydrogen) atoms. The fourth-order valence-corrected chi connectivity index (χ4v) is 4.64. The van der Waals surface area contributed by atoms with E-state index in [1.54, 1.807) is 0 Å². The fourth-order valence-electron chi connectivity index (χ4n) is 4.64. The lowest BCUT2D eigenvalue weighted by Crippen LogP contribution is -2.40. The van der Waals surface area contributed by atoms with Gasteiger partial charge in [0.15, 0.2) is 0 Å². The van der Waals surface area contributed by atoms with Crippen molar-refractivity contribution in [1.82, 2.24) is 10.6 Å². The molecule has 1 aliphatic carbocycles. The molecule has 1 unspecified atom stereocenters. The van der Waals surface area contributed by atoms with E-state index < -0.39 is 12.1 Å². The van der Waals surface area contributed by atoms with Crippen molar-refractivity contribution in [2.45, 2.75) is 64.3 Å². The first-order valence-electron chi connectivity index (χ1n) is 12.5. The van der Waals surface area contributed by atoms with Gasteiger partial charge in [-0.25, -0.2) is 4.79 Å². The number of hydrogen-bond acceptors (Lipinski definition) is 4. The van der Waals surface area contributed by atoms with Crippen molar-refractivity contribution >= 4 is 18.0 Å². The molecule has 2 aromatic carbocycles. The Morgan fingerprint density at radius 3 is 2.20 bits per heavy atom. The van der Waals surface area contributed by atoms with Crippen LogP contribution in [0.2, 0.25) is 0 Å². The highest BCUT2D eigenvalue weighted by atomic mass is 16.5. The summed E-state index contributed by atoms with van der Waals surface area (Å²) in [5.41, 5.74) is 4.65. The molecule has 0 radical (unpaired) electrons. The molecular formula is C28H36N2O5. The number of rotatable bonds is 13. The number of carboxylic acid groups (broad SMARTS) is 1. The molecule has 0 aliphatic heterocycles. The summed E-state index contributed by atoms with van der Waals surface area (Å²) in [7, 11) is 0. The summed E-state index contributed by atoms with van der Waals surface area (Å²) in [6, 6.07) is 16.1. The lowest BCUT2D eigenvalue weighted by atomic mass is 9.98. The number of carboxylic acids is 1. The molecule has 0 saturated carbocycles. The van der Waals surface area contributed by atoms with Gasteiger partial charge in [-0.05, 0) is 41.0 Å². The highest BCUT2D eigenvalue weighted by Crippen LogP contribution is 2.44. The monoisotopic (exact) mass is 480 g/mol. The number of ether oxygens (including phenoxy) is 1. The average molecular weight is 481 g/mol. The van der Waals surface area contributed by atoms with Gasteiger partial charge in [-0.2, -0.15) is 0 Å². The topological polar surface area (TPSA) is 105 Å². The molecule has 3 N–H and O–H groups in total. The number of unbranched alkanes of at least 4 members (excludes halogenated alkanes) is 1. The maximum absolute atomic E-state index is 12.7. The van der Waals surface area contributed by atoms with E-state index in [1.165, 1.54) is 11.1 Å². The second-order valence-electron chi connectivity index (χ2n) is 9.35. The maximum atomic E-state index is 12.7. The minimum atomic E-state index is -0.837. The molecule has 7 nitrogen and oxygen atoms in total. The number of carbonyl (C=O) groups is 3. The standard InChI is InChI=1S/C28H36N2O5/c1-3-4-9-20(17-26(31)29-15-14-19(2)16-27(32)33)30-28(34)35-18-25-23-12-7-5-10-21(23)22-11-6-8-13-24(22)25/h5-8,10-13,19-20,25H,3-4,9,14-18H2,1-2H3,(H,29,31)(H,30,34)(H,32,33)/t19?,20-/m1/s1. The summed E-state index contributed by atoms with van der Waals surface area (Å²) >= 11 is 0. The molecule has 0 aromatic heterocycles. The van der Waals surface area contributed by atoms with E-state index >= 15 is 0 Å². The molecule has 0 heterocycles. The normalized spacial score (nSPS) is 13.9. The van der Waals surface area contributed by atoms with Crippen molar-refractivity contribution in [3.05, 3.63) is 59.7 Å². The number of benzene rings is 2. The Labute approximate surface area is 207 Å². The van der Waals surface area contributed by atoms with Crippen LogP contribution >= 0.6 is 0 Å². The Morgan fingerprint density at radius 1 is 0.971 bits per heavy atom. The Hall–Kier alpha value is -3.35. The zero-order chi connectivity index (χ0) is 25.2. The van der Waals surface area contributed by atoms with Crippen molar-refractivity contribution in [2.24, 2.45) is 5.92 Å². The van der Waals surface area contributed by atoms with Crippen LogP contribution in [0.3, 0.4) is 0 Å². The zero-order valence-corrected chi connectivity index (χ0v) is 20.6. The van der Waals surface area contributed by atoms with Crippen molar-refractivity contribution < 1.29 is 24.2 Å². The highest BCUT2D eigenvalue weighted by Gasteiger charge is 2.29. The lowest BCUT2D eigenvalue weighted by molar-refractivity contribution is -0.138. The van der Waals surface area contributed by atoms with Gasteiger partial charge in [0.1, 0.15) is 6.61 Å². The van der Waals surface area contributed by atoms with Crippen LogP contribution in [0, 0.1) is 5.92 Å². The van der Waals surface area contributed by atoms with Crippen LogP contribution in [0.1, 0.15) is 69.4 Å². The van der Waals surface area contributed by atoms with E-state index in [0.29, 0.717) is 19.4 Å². The first kappa shape index (κ1) is 26.3. The lowest BCUT2D eigenvalue weighted by Gasteiger charge is -2.20. The van der Waals surface area contributed by atoms with Gasteiger partial charge in [-0.1, -0.05) is 75.2 Å². The molecule has 188 valence electrons. The first-order valence-corrected chi connectivity index (χ1v) is 12.5. The predicted molar refractivity (Wildman–Crippen MR) is 135 cm³/mol. The molecule has 2 amide bonds. The minimum absolute atomic E-state index is 0.0114. The van der Waals surface area contributed by atoms with Crippen LogP contribution in [-0.4, -0.2) is 42.3 Å². The Balaban J connectivity index is 1.51. The third-order valence-corrected chi connectivity index (χ3v) is 6.49. The molecule has 0 bridgehead atoms. The summed E-state index contributed by atoms with van der Waals surface area (Å²) in [6.07, 6.45) is 2.85. The summed E-state index contributed by atoms with van der Waals surface area (Å²) in [6.45, 7) is 4.56. The van der Waals surface area contributed by atoms with Gasteiger partial charge < -0.3 is 20.5 Å². The number of amides is 2.